The molecule has 0 saturated heterocycles. The van der Waals surface area contributed by atoms with Gasteiger partial charge in [0.25, 0.3) is 0 Å². The third-order valence-electron chi connectivity index (χ3n) is 7.44. The third-order valence-corrected chi connectivity index (χ3v) is 8.86. The Hall–Kier alpha value is -4.21. The van der Waals surface area contributed by atoms with Crippen molar-refractivity contribution in [1.82, 2.24) is 19.9 Å². The minimum atomic E-state index is -4.77. The molecule has 0 aliphatic carbocycles. The lowest BCUT2D eigenvalue weighted by atomic mass is 9.87. The van der Waals surface area contributed by atoms with Crippen molar-refractivity contribution in [3.05, 3.63) is 82.0 Å². The van der Waals surface area contributed by atoms with E-state index in [1.807, 2.05) is 51.2 Å². The summed E-state index contributed by atoms with van der Waals surface area (Å²) < 4.78 is 54.8. The van der Waals surface area contributed by atoms with Crippen molar-refractivity contribution in [3.8, 4) is 11.4 Å². The third kappa shape index (κ3) is 12.6. The molecule has 0 amide bonds. The highest BCUT2D eigenvalue weighted by Gasteiger charge is 2.32. The molecule has 0 spiro atoms. The second kappa shape index (κ2) is 17.1. The van der Waals surface area contributed by atoms with Crippen molar-refractivity contribution in [3.63, 3.8) is 0 Å². The Morgan fingerprint density at radius 3 is 2.26 bits per heavy atom. The maximum atomic E-state index is 12.5. The number of alkyl halides is 3. The number of benzene rings is 2. The smallest absolute Gasteiger partial charge is 0.406 e. The number of hydrogen-bond acceptors (Lipinski definition) is 7. The van der Waals surface area contributed by atoms with Crippen molar-refractivity contribution >= 4 is 27.8 Å². The van der Waals surface area contributed by atoms with Crippen LogP contribution in [-0.2, 0) is 28.2 Å². The summed E-state index contributed by atoms with van der Waals surface area (Å²) >= 11 is 0. The predicted octanol–water partition coefficient (Wildman–Crippen LogP) is 5.10. The number of ether oxygens (including phenoxy) is 1. The van der Waals surface area contributed by atoms with E-state index in [4.69, 9.17) is 17.2 Å². The van der Waals surface area contributed by atoms with Gasteiger partial charge in [-0.1, -0.05) is 53.7 Å². The van der Waals surface area contributed by atoms with Crippen LogP contribution in [0.25, 0.3) is 16.7 Å². The zero-order chi connectivity index (χ0) is 37.3. The van der Waals surface area contributed by atoms with Crippen LogP contribution in [0, 0.1) is 0 Å². The second-order valence-electron chi connectivity index (χ2n) is 13.8. The van der Waals surface area contributed by atoms with E-state index in [0.717, 1.165) is 41.8 Å². The maximum absolute atomic E-state index is 12.5. The number of guanidine groups is 1. The summed E-state index contributed by atoms with van der Waals surface area (Å²) in [5.41, 5.74) is 19.5. The van der Waals surface area contributed by atoms with Gasteiger partial charge in [-0.3, -0.25) is 13.8 Å². The molecule has 50 heavy (non-hydrogen) atoms. The number of aromatic nitrogens is 3. The number of hydrogen-bond donors (Lipinski definition) is 5. The van der Waals surface area contributed by atoms with Crippen LogP contribution in [0.15, 0.2) is 69.4 Å². The fraction of sp³-hybridized carbons (Fsp3) is 0.457. The molecule has 15 heteroatoms. The Morgan fingerprint density at radius 2 is 1.68 bits per heavy atom. The van der Waals surface area contributed by atoms with Gasteiger partial charge in [0.2, 0.25) is 0 Å². The number of nitrogens with zero attached hydrogens (tertiary/aromatic N) is 3. The summed E-state index contributed by atoms with van der Waals surface area (Å²) in [6, 6.07) is 14.1. The van der Waals surface area contributed by atoms with E-state index in [1.165, 1.54) is 12.1 Å². The fourth-order valence-electron chi connectivity index (χ4n) is 4.66. The Balaban J connectivity index is 0.000000286. The van der Waals surface area contributed by atoms with Gasteiger partial charge in [0.15, 0.2) is 5.96 Å². The molecular formula is C35H49F3N8O3S. The number of rotatable bonds is 12. The lowest BCUT2D eigenvalue weighted by Crippen LogP contribution is -2.23. The normalized spacial score (nSPS) is 12.7. The van der Waals surface area contributed by atoms with E-state index in [0.29, 0.717) is 41.4 Å². The topological polar surface area (TPSA) is 179 Å². The first-order chi connectivity index (χ1) is 23.3. The molecule has 4 rings (SSSR count). The van der Waals surface area contributed by atoms with Gasteiger partial charge in [0.05, 0.1) is 16.5 Å². The van der Waals surface area contributed by atoms with Crippen LogP contribution in [0.4, 0.5) is 13.2 Å². The van der Waals surface area contributed by atoms with Crippen molar-refractivity contribution in [2.75, 3.05) is 25.4 Å². The second-order valence-corrected chi connectivity index (χ2v) is 15.4. The summed E-state index contributed by atoms with van der Waals surface area (Å²) in [6.45, 7) is 14.5. The largest absolute Gasteiger partial charge is 0.573 e. The number of nitrogens with one attached hydrogen (secondary N) is 2. The number of aliphatic imine (C=N–C) groups is 1. The average Bonchev–Trinajstić information content (AvgIpc) is 3.44. The van der Waals surface area contributed by atoms with Gasteiger partial charge in [-0.05, 0) is 78.9 Å². The van der Waals surface area contributed by atoms with E-state index in [1.54, 1.807) is 10.6 Å². The molecular weight excluding hydrogens is 669 g/mol. The molecule has 0 saturated carbocycles. The molecule has 2 aromatic carbocycles. The standard InChI is InChI=1S/C21H29N7O.C14H20F3NO2S/c1-21(2,3)17-11-15-13-28(20(29)27-18(15)26-17)16-7-5-14(6-8-16)12-24-9-4-10-25-19(22)23;1-13(2,3)10-7-11(20-14(15,16)17)9-12(8-10)21(19)6-4-5-18/h5-8,11,13,24H,4,9-10,12H2,1-3H3,(H4,22,23,25)(H,26,27,29);7-9H,4-6,18H2,1-3H3. The van der Waals surface area contributed by atoms with Gasteiger partial charge in [0, 0.05) is 46.4 Å². The van der Waals surface area contributed by atoms with Crippen LogP contribution in [0.3, 0.4) is 0 Å². The highest BCUT2D eigenvalue weighted by atomic mass is 32.2. The molecule has 0 radical (unpaired) electrons. The van der Waals surface area contributed by atoms with Gasteiger partial charge in [-0.2, -0.15) is 4.98 Å². The number of aromatic amines is 1. The van der Waals surface area contributed by atoms with Crippen LogP contribution < -0.4 is 32.9 Å². The van der Waals surface area contributed by atoms with Crippen LogP contribution in [0.2, 0.25) is 0 Å². The molecule has 0 aliphatic rings. The SMILES string of the molecule is CC(C)(C)c1cc(OC(F)(F)F)cc(S(=O)CCCN)c1.CC(C)(C)c1cc2cn(-c3ccc(CNCCCN=C(N)N)cc3)c(=O)nc2[nH]1. The molecule has 2 aromatic heterocycles. The monoisotopic (exact) mass is 718 g/mol. The molecule has 0 fully saturated rings. The van der Waals surface area contributed by atoms with Gasteiger partial charge in [-0.15, -0.1) is 13.2 Å². The number of nitrogens with two attached hydrogens (primary N) is 3. The predicted molar refractivity (Wildman–Crippen MR) is 194 cm³/mol. The molecule has 0 aliphatic heterocycles. The molecule has 11 nitrogen and oxygen atoms in total. The maximum Gasteiger partial charge on any atom is 0.573 e. The number of halogens is 3. The first kappa shape index (κ1) is 40.2. The Kier molecular flexibility index (Phi) is 13.8. The van der Waals surface area contributed by atoms with Crippen LogP contribution >= 0.6 is 0 Å². The van der Waals surface area contributed by atoms with Gasteiger partial charge >= 0.3 is 12.1 Å². The molecule has 0 bridgehead atoms. The number of H-pyrrole nitrogens is 1. The van der Waals surface area contributed by atoms with E-state index < -0.39 is 17.2 Å². The van der Waals surface area contributed by atoms with Crippen molar-refractivity contribution < 1.29 is 22.1 Å². The Morgan fingerprint density at radius 1 is 1.00 bits per heavy atom. The van der Waals surface area contributed by atoms with Crippen LogP contribution in [0.5, 0.6) is 5.75 Å². The van der Waals surface area contributed by atoms with Crippen LogP contribution in [-0.4, -0.2) is 56.5 Å². The van der Waals surface area contributed by atoms with E-state index in [2.05, 4.69) is 51.9 Å². The van der Waals surface area contributed by atoms with Crippen molar-refractivity contribution in [1.29, 1.82) is 0 Å². The summed E-state index contributed by atoms with van der Waals surface area (Å²) in [5, 5.41) is 4.27. The quantitative estimate of drug-likeness (QED) is 0.0763. The highest BCUT2D eigenvalue weighted by Crippen LogP contribution is 2.32. The minimum Gasteiger partial charge on any atom is -0.406 e. The molecule has 4 aromatic rings. The Labute approximate surface area is 293 Å². The lowest BCUT2D eigenvalue weighted by molar-refractivity contribution is -0.274. The van der Waals surface area contributed by atoms with Gasteiger partial charge < -0.3 is 32.2 Å². The first-order valence-electron chi connectivity index (χ1n) is 16.2. The molecule has 274 valence electrons. The molecule has 1 atom stereocenters. The van der Waals surface area contributed by atoms with E-state index >= 15 is 0 Å². The first-order valence-corrected chi connectivity index (χ1v) is 17.6. The minimum absolute atomic E-state index is 0.0352. The van der Waals surface area contributed by atoms with Crippen LogP contribution in [0.1, 0.15) is 71.2 Å². The fourth-order valence-corrected chi connectivity index (χ4v) is 5.83. The summed E-state index contributed by atoms with van der Waals surface area (Å²) in [7, 11) is -1.39. The van der Waals surface area contributed by atoms with Crippen molar-refractivity contribution in [2.24, 2.45) is 22.2 Å². The zero-order valence-electron chi connectivity index (χ0n) is 29.5. The average molecular weight is 719 g/mol. The van der Waals surface area contributed by atoms with Crippen molar-refractivity contribution in [2.45, 2.75) is 83.0 Å². The summed E-state index contributed by atoms with van der Waals surface area (Å²) in [4.78, 5) is 24.2. The lowest BCUT2D eigenvalue weighted by Gasteiger charge is -2.21. The molecule has 2 heterocycles. The molecule has 1 unspecified atom stereocenters. The van der Waals surface area contributed by atoms with Gasteiger partial charge in [-0.25, -0.2) is 4.79 Å². The Bertz CT molecular complexity index is 1820. The highest BCUT2D eigenvalue weighted by molar-refractivity contribution is 7.85. The summed E-state index contributed by atoms with van der Waals surface area (Å²) in [6.07, 6.45) is -1.52. The number of fused-ring (bicyclic) bond motifs is 1. The molecule has 8 N–H and O–H groups in total. The summed E-state index contributed by atoms with van der Waals surface area (Å²) in [5.74, 6) is 0.0963. The van der Waals surface area contributed by atoms with Gasteiger partial charge in [0.1, 0.15) is 11.4 Å². The van der Waals surface area contributed by atoms with E-state index in [-0.39, 0.29) is 28.2 Å². The van der Waals surface area contributed by atoms with E-state index in [9.17, 15) is 22.2 Å². The zero-order valence-corrected chi connectivity index (χ0v) is 30.3.